The van der Waals surface area contributed by atoms with E-state index in [0.717, 1.165) is 5.92 Å². The van der Waals surface area contributed by atoms with E-state index in [4.69, 9.17) is 0 Å². The summed E-state index contributed by atoms with van der Waals surface area (Å²) >= 11 is 5.36. The number of hydrogen-bond donors (Lipinski definition) is 1. The summed E-state index contributed by atoms with van der Waals surface area (Å²) in [6.45, 7) is 4.70. The van der Waals surface area contributed by atoms with Gasteiger partial charge in [-0.05, 0) is 52.9 Å². The van der Waals surface area contributed by atoms with Crippen molar-refractivity contribution >= 4 is 27.3 Å². The van der Waals surface area contributed by atoms with Crippen LogP contribution in [0.2, 0.25) is 0 Å². The molecule has 1 fully saturated rings. The Bertz CT molecular complexity index is 332. The minimum Gasteiger partial charge on any atom is -0.312 e. The zero-order chi connectivity index (χ0) is 10.3. The smallest absolute Gasteiger partial charge is 0.0701 e. The molecule has 0 saturated heterocycles. The van der Waals surface area contributed by atoms with Gasteiger partial charge in [0.05, 0.1) is 3.79 Å². The van der Waals surface area contributed by atoms with Crippen LogP contribution in [0.1, 0.15) is 31.2 Å². The van der Waals surface area contributed by atoms with Gasteiger partial charge in [-0.25, -0.2) is 0 Å². The van der Waals surface area contributed by atoms with E-state index in [1.165, 1.54) is 15.1 Å². The van der Waals surface area contributed by atoms with Crippen LogP contribution in [0.3, 0.4) is 0 Å². The lowest BCUT2D eigenvalue weighted by Gasteiger charge is -2.16. The van der Waals surface area contributed by atoms with E-state index in [1.54, 1.807) is 0 Å². The summed E-state index contributed by atoms with van der Waals surface area (Å²) in [6, 6.07) is 4.91. The Morgan fingerprint density at radius 1 is 1.57 bits per heavy atom. The third-order valence-electron chi connectivity index (χ3n) is 3.20. The first-order valence-corrected chi connectivity index (χ1v) is 6.58. The van der Waals surface area contributed by atoms with E-state index in [0.29, 0.717) is 11.5 Å². The van der Waals surface area contributed by atoms with Gasteiger partial charge in [-0.1, -0.05) is 13.8 Å². The van der Waals surface area contributed by atoms with Gasteiger partial charge in [0.1, 0.15) is 0 Å². The molecule has 1 aliphatic rings. The van der Waals surface area contributed by atoms with E-state index >= 15 is 0 Å². The molecule has 2 rings (SSSR count). The molecule has 0 aliphatic heterocycles. The maximum atomic E-state index is 3.52. The van der Waals surface area contributed by atoms with Gasteiger partial charge in [-0.15, -0.1) is 11.3 Å². The van der Waals surface area contributed by atoms with Gasteiger partial charge in [0, 0.05) is 10.9 Å². The molecule has 1 aromatic rings. The Hall–Kier alpha value is 0.140. The number of nitrogens with one attached hydrogen (secondary N) is 1. The molecule has 0 radical (unpaired) electrons. The summed E-state index contributed by atoms with van der Waals surface area (Å²) < 4.78 is 1.23. The lowest BCUT2D eigenvalue weighted by molar-refractivity contribution is 0.446. The minimum absolute atomic E-state index is 0.532. The molecule has 1 heterocycles. The molecule has 3 heteroatoms. The monoisotopic (exact) mass is 273 g/mol. The molecular formula is C11H16BrNS. The predicted molar refractivity (Wildman–Crippen MR) is 65.7 cm³/mol. The summed E-state index contributed by atoms with van der Waals surface area (Å²) in [5.41, 5.74) is 0.532. The van der Waals surface area contributed by atoms with E-state index < -0.39 is 0 Å². The van der Waals surface area contributed by atoms with Gasteiger partial charge in [0.25, 0.3) is 0 Å². The summed E-state index contributed by atoms with van der Waals surface area (Å²) in [5.74, 6) is 0.804. The first-order valence-electron chi connectivity index (χ1n) is 4.97. The lowest BCUT2D eigenvalue weighted by atomic mass is 10.0. The number of hydrogen-bond acceptors (Lipinski definition) is 2. The van der Waals surface area contributed by atoms with Gasteiger partial charge in [0.2, 0.25) is 0 Å². The summed E-state index contributed by atoms with van der Waals surface area (Å²) in [6.07, 6.45) is 1.34. The Kier molecular flexibility index (Phi) is 2.75. The fourth-order valence-electron chi connectivity index (χ4n) is 2.11. The molecule has 1 aromatic heterocycles. The van der Waals surface area contributed by atoms with Gasteiger partial charge in [-0.3, -0.25) is 0 Å². The molecule has 0 spiro atoms. The molecule has 0 bridgehead atoms. The molecule has 0 amide bonds. The average Bonchev–Trinajstić information content (AvgIpc) is 2.56. The van der Waals surface area contributed by atoms with E-state index in [9.17, 15) is 0 Å². The molecule has 1 nitrogen and oxygen atoms in total. The SMILES string of the molecule is CNC(c1ccc(Br)s1)C1CC1(C)C. The van der Waals surface area contributed by atoms with E-state index in [1.807, 2.05) is 11.3 Å². The topological polar surface area (TPSA) is 12.0 Å². The van der Waals surface area contributed by atoms with Crippen LogP contribution in [-0.4, -0.2) is 7.05 Å². The van der Waals surface area contributed by atoms with Crippen molar-refractivity contribution in [2.75, 3.05) is 7.05 Å². The number of rotatable bonds is 3. The molecule has 1 saturated carbocycles. The highest BCUT2D eigenvalue weighted by atomic mass is 79.9. The highest BCUT2D eigenvalue weighted by molar-refractivity contribution is 9.11. The largest absolute Gasteiger partial charge is 0.312 e. The van der Waals surface area contributed by atoms with Gasteiger partial charge in [-0.2, -0.15) is 0 Å². The van der Waals surface area contributed by atoms with Crippen molar-refractivity contribution in [1.82, 2.24) is 5.32 Å². The van der Waals surface area contributed by atoms with Crippen LogP contribution in [-0.2, 0) is 0 Å². The Balaban J connectivity index is 2.15. The molecule has 1 aliphatic carbocycles. The van der Waals surface area contributed by atoms with Gasteiger partial charge < -0.3 is 5.32 Å². The molecule has 2 unspecified atom stereocenters. The molecule has 1 N–H and O–H groups in total. The second-order valence-corrected chi connectivity index (χ2v) is 7.20. The zero-order valence-corrected chi connectivity index (χ0v) is 11.2. The molecular weight excluding hydrogens is 258 g/mol. The second kappa shape index (κ2) is 3.62. The highest BCUT2D eigenvalue weighted by Gasteiger charge is 2.50. The third-order valence-corrected chi connectivity index (χ3v) is 4.91. The number of thiophene rings is 1. The standard InChI is InChI=1S/C11H16BrNS/c1-11(2)6-7(11)10(13-3)8-4-5-9(12)14-8/h4-5,7,10,13H,6H2,1-3H3. The highest BCUT2D eigenvalue weighted by Crippen LogP contribution is 2.58. The van der Waals surface area contributed by atoms with Crippen molar-refractivity contribution in [3.8, 4) is 0 Å². The first-order chi connectivity index (χ1) is 6.54. The number of halogens is 1. The average molecular weight is 274 g/mol. The van der Waals surface area contributed by atoms with Crippen LogP contribution in [0.15, 0.2) is 15.9 Å². The van der Waals surface area contributed by atoms with Crippen molar-refractivity contribution in [1.29, 1.82) is 0 Å². The van der Waals surface area contributed by atoms with Crippen LogP contribution in [0.4, 0.5) is 0 Å². The van der Waals surface area contributed by atoms with E-state index in [-0.39, 0.29) is 0 Å². The summed E-state index contributed by atoms with van der Waals surface area (Å²) in [7, 11) is 2.06. The Labute approximate surface area is 98.0 Å². The molecule has 0 aromatic carbocycles. The Morgan fingerprint density at radius 2 is 2.21 bits per heavy atom. The van der Waals surface area contributed by atoms with Crippen molar-refractivity contribution in [3.63, 3.8) is 0 Å². The fourth-order valence-corrected chi connectivity index (χ4v) is 3.71. The maximum Gasteiger partial charge on any atom is 0.0701 e. The third kappa shape index (κ3) is 1.90. The van der Waals surface area contributed by atoms with Crippen molar-refractivity contribution in [3.05, 3.63) is 20.8 Å². The molecule has 2 atom stereocenters. The van der Waals surface area contributed by atoms with Crippen LogP contribution >= 0.6 is 27.3 Å². The van der Waals surface area contributed by atoms with Crippen LogP contribution in [0.25, 0.3) is 0 Å². The fraction of sp³-hybridized carbons (Fsp3) is 0.636. The summed E-state index contributed by atoms with van der Waals surface area (Å²) in [5, 5.41) is 3.44. The minimum atomic E-state index is 0.532. The van der Waals surface area contributed by atoms with Gasteiger partial charge in [0.15, 0.2) is 0 Å². The molecule has 78 valence electrons. The maximum absolute atomic E-state index is 3.52. The summed E-state index contributed by atoms with van der Waals surface area (Å²) in [4.78, 5) is 1.45. The predicted octanol–water partition coefficient (Wildman–Crippen LogP) is 3.82. The molecule has 14 heavy (non-hydrogen) atoms. The normalized spacial score (nSPS) is 26.1. The van der Waals surface area contributed by atoms with Crippen molar-refractivity contribution < 1.29 is 0 Å². The first kappa shape index (κ1) is 10.7. The van der Waals surface area contributed by atoms with E-state index in [2.05, 4.69) is 54.3 Å². The lowest BCUT2D eigenvalue weighted by Crippen LogP contribution is -2.19. The Morgan fingerprint density at radius 3 is 2.57 bits per heavy atom. The van der Waals surface area contributed by atoms with Crippen LogP contribution in [0, 0.1) is 11.3 Å². The second-order valence-electron chi connectivity index (χ2n) is 4.71. The zero-order valence-electron chi connectivity index (χ0n) is 8.80. The van der Waals surface area contributed by atoms with Gasteiger partial charge >= 0.3 is 0 Å². The van der Waals surface area contributed by atoms with Crippen molar-refractivity contribution in [2.24, 2.45) is 11.3 Å². The van der Waals surface area contributed by atoms with Crippen molar-refractivity contribution in [2.45, 2.75) is 26.3 Å². The van der Waals surface area contributed by atoms with Crippen LogP contribution in [0.5, 0.6) is 0 Å². The van der Waals surface area contributed by atoms with Crippen LogP contribution < -0.4 is 5.32 Å². The quantitative estimate of drug-likeness (QED) is 0.883.